The first kappa shape index (κ1) is 21.7. The highest BCUT2D eigenvalue weighted by atomic mass is 15.2. The number of fused-ring (bicyclic) bond motifs is 13. The van der Waals surface area contributed by atoms with Crippen LogP contribution in [-0.2, 0) is 0 Å². The number of hydrogen-bond donors (Lipinski definition) is 0. The molecule has 0 aliphatic heterocycles. The van der Waals surface area contributed by atoms with Crippen LogP contribution >= 0.6 is 0 Å². The normalized spacial score (nSPS) is 12.3. The number of rotatable bonds is 1. The van der Waals surface area contributed by atoms with Crippen molar-refractivity contribution in [1.29, 1.82) is 0 Å². The molecule has 0 amide bonds. The lowest BCUT2D eigenvalue weighted by atomic mass is 10.00. The molecule has 0 fully saturated rings. The van der Waals surface area contributed by atoms with Gasteiger partial charge in [-0.1, -0.05) is 78.3 Å². The molecule has 0 aliphatic rings. The minimum Gasteiger partial charge on any atom is -0.359 e. The van der Waals surface area contributed by atoms with E-state index in [0.717, 1.165) is 21.8 Å². The highest BCUT2D eigenvalue weighted by molar-refractivity contribution is 6.37. The fraction of sp³-hybridized carbons (Fsp3) is 0. The zero-order valence-corrected chi connectivity index (χ0v) is 22.1. The van der Waals surface area contributed by atoms with Gasteiger partial charge in [0.1, 0.15) is 5.52 Å². The van der Waals surface area contributed by atoms with Crippen molar-refractivity contribution in [1.82, 2.24) is 23.9 Å². The topological polar surface area (TPSA) is 52.4 Å². The number of benzene rings is 5. The first-order valence-corrected chi connectivity index (χ1v) is 13.8. The average molecular weight is 535 g/mol. The van der Waals surface area contributed by atoms with E-state index in [1.165, 1.54) is 48.9 Å². The summed E-state index contributed by atoms with van der Waals surface area (Å²) in [5.41, 5.74) is 6.76. The van der Waals surface area contributed by atoms with Crippen LogP contribution in [-0.4, -0.2) is 23.9 Å². The van der Waals surface area contributed by atoms with Gasteiger partial charge >= 0.3 is 11.8 Å². The molecule has 0 saturated carbocycles. The molecule has 42 heavy (non-hydrogen) atoms. The molecule has 0 bridgehead atoms. The number of aromatic nitrogens is 5. The molecule has 0 saturated heterocycles. The molecule has 0 aliphatic carbocycles. The Morgan fingerprint density at radius 1 is 0.595 bits per heavy atom. The van der Waals surface area contributed by atoms with E-state index in [1.807, 2.05) is 18.2 Å². The lowest BCUT2D eigenvalue weighted by molar-refractivity contribution is 1.02. The van der Waals surface area contributed by atoms with Crippen molar-refractivity contribution in [3.05, 3.63) is 121 Å². The molecule has 0 atom stereocenters. The van der Waals surface area contributed by atoms with Crippen LogP contribution < -0.4 is 0 Å². The van der Waals surface area contributed by atoms with Gasteiger partial charge in [0.25, 0.3) is 0 Å². The molecule has 0 N–H and O–H groups in total. The van der Waals surface area contributed by atoms with E-state index in [9.17, 15) is 0 Å². The molecule has 0 unspecified atom stereocenters. The first-order valence-electron chi connectivity index (χ1n) is 13.8. The molecule has 5 aromatic carbocycles. The molecule has 10 aromatic rings. The van der Waals surface area contributed by atoms with E-state index in [1.54, 1.807) is 6.20 Å². The van der Waals surface area contributed by atoms with Gasteiger partial charge in [-0.2, -0.15) is 4.98 Å². The van der Waals surface area contributed by atoms with Crippen molar-refractivity contribution in [3.63, 3.8) is 0 Å². The molecule has 5 aromatic heterocycles. The van der Waals surface area contributed by atoms with Crippen LogP contribution in [0.1, 0.15) is 0 Å². The zero-order valence-electron chi connectivity index (χ0n) is 22.1. The standard InChI is InChI=1S/C36H18N6/c1-37-35-32-26(13-8-18-38-32)39-36(40-35)42-28-15-7-5-12-23(28)25-19-24-22-11-4-6-14-27(22)41-29-17-16-20-9-2-3-10-21(20)30(29)31(33(24)41)34(25)42/h2-19H. The molecule has 6 heteroatoms. The summed E-state index contributed by atoms with van der Waals surface area (Å²) in [5, 5.41) is 9.49. The smallest absolute Gasteiger partial charge is 0.332 e. The molecule has 192 valence electrons. The van der Waals surface area contributed by atoms with E-state index in [4.69, 9.17) is 16.5 Å². The Morgan fingerprint density at radius 2 is 1.33 bits per heavy atom. The highest BCUT2D eigenvalue weighted by Crippen LogP contribution is 2.47. The lowest BCUT2D eigenvalue weighted by Crippen LogP contribution is -2.02. The minimum absolute atomic E-state index is 0.249. The van der Waals surface area contributed by atoms with Crippen LogP contribution in [0.4, 0.5) is 5.82 Å². The van der Waals surface area contributed by atoms with Crippen molar-refractivity contribution >= 4 is 87.5 Å². The van der Waals surface area contributed by atoms with E-state index >= 15 is 0 Å². The zero-order chi connectivity index (χ0) is 27.5. The van der Waals surface area contributed by atoms with Crippen molar-refractivity contribution in [3.8, 4) is 5.95 Å². The van der Waals surface area contributed by atoms with Crippen molar-refractivity contribution in [2.45, 2.75) is 0 Å². The molecule has 5 heterocycles. The summed E-state index contributed by atoms with van der Waals surface area (Å²) >= 11 is 0. The van der Waals surface area contributed by atoms with Gasteiger partial charge in [-0.15, -0.1) is 0 Å². The number of para-hydroxylation sites is 2. The van der Waals surface area contributed by atoms with Crippen LogP contribution in [0.25, 0.3) is 92.5 Å². The van der Waals surface area contributed by atoms with Gasteiger partial charge in [0.15, 0.2) is 0 Å². The highest BCUT2D eigenvalue weighted by Gasteiger charge is 2.27. The van der Waals surface area contributed by atoms with Crippen molar-refractivity contribution < 1.29 is 0 Å². The van der Waals surface area contributed by atoms with Crippen LogP contribution in [0.3, 0.4) is 0 Å². The largest absolute Gasteiger partial charge is 0.359 e. The Kier molecular flexibility index (Phi) is 3.91. The van der Waals surface area contributed by atoms with Crippen LogP contribution in [0.2, 0.25) is 0 Å². The van der Waals surface area contributed by atoms with Crippen LogP contribution in [0.5, 0.6) is 0 Å². The van der Waals surface area contributed by atoms with E-state index < -0.39 is 0 Å². The molecule has 0 spiro atoms. The Morgan fingerprint density at radius 3 is 2.19 bits per heavy atom. The molecule has 10 rings (SSSR count). The van der Waals surface area contributed by atoms with Gasteiger partial charge in [-0.25, -0.2) is 0 Å². The Labute approximate surface area is 237 Å². The lowest BCUT2D eigenvalue weighted by Gasteiger charge is -2.08. The predicted molar refractivity (Wildman–Crippen MR) is 170 cm³/mol. The summed E-state index contributed by atoms with van der Waals surface area (Å²) in [4.78, 5) is 18.0. The summed E-state index contributed by atoms with van der Waals surface area (Å²) in [6.07, 6.45) is 1.68. The molecular weight excluding hydrogens is 516 g/mol. The Hall–Kier alpha value is -6.06. The number of nitrogens with zero attached hydrogens (tertiary/aromatic N) is 6. The summed E-state index contributed by atoms with van der Waals surface area (Å²) in [7, 11) is 0. The second-order valence-corrected chi connectivity index (χ2v) is 10.8. The molecule has 0 radical (unpaired) electrons. The predicted octanol–water partition coefficient (Wildman–Crippen LogP) is 8.98. The van der Waals surface area contributed by atoms with E-state index in [0.29, 0.717) is 17.0 Å². The van der Waals surface area contributed by atoms with E-state index in [2.05, 4.69) is 104 Å². The Balaban J connectivity index is 1.55. The Bertz CT molecular complexity index is 2810. The third-order valence-electron chi connectivity index (χ3n) is 8.72. The third kappa shape index (κ3) is 2.52. The van der Waals surface area contributed by atoms with Gasteiger partial charge in [-0.3, -0.25) is 9.55 Å². The van der Waals surface area contributed by atoms with Crippen molar-refractivity contribution in [2.24, 2.45) is 0 Å². The minimum atomic E-state index is 0.249. The fourth-order valence-electron chi connectivity index (χ4n) is 7.09. The van der Waals surface area contributed by atoms with Gasteiger partial charge in [0.2, 0.25) is 0 Å². The second-order valence-electron chi connectivity index (χ2n) is 10.8. The van der Waals surface area contributed by atoms with Crippen LogP contribution in [0, 0.1) is 6.57 Å². The number of pyridine rings is 1. The summed E-state index contributed by atoms with van der Waals surface area (Å²) in [6, 6.07) is 36.2. The number of hydrogen-bond acceptors (Lipinski definition) is 3. The maximum Gasteiger partial charge on any atom is 0.332 e. The van der Waals surface area contributed by atoms with Crippen LogP contribution in [0.15, 0.2) is 109 Å². The second kappa shape index (κ2) is 7.57. The van der Waals surface area contributed by atoms with Gasteiger partial charge in [0.05, 0.1) is 33.1 Å². The van der Waals surface area contributed by atoms with Crippen molar-refractivity contribution in [2.75, 3.05) is 0 Å². The summed E-state index contributed by atoms with van der Waals surface area (Å²) in [5.74, 6) is 0.721. The summed E-state index contributed by atoms with van der Waals surface area (Å²) in [6.45, 7) is 7.90. The fourth-order valence-corrected chi connectivity index (χ4v) is 7.09. The van der Waals surface area contributed by atoms with E-state index in [-0.39, 0.29) is 5.82 Å². The third-order valence-corrected chi connectivity index (χ3v) is 8.72. The SMILES string of the molecule is [C-]#[N+]c1nc(-n2c3ccccc3c3cc4c5ccccc5n5c6ccc7ccccc7c6c(c32)c45)nc2cccnc12. The molecule has 6 nitrogen and oxygen atoms in total. The van der Waals surface area contributed by atoms with Gasteiger partial charge < -0.3 is 9.25 Å². The average Bonchev–Trinajstić information content (AvgIpc) is 3.69. The quantitative estimate of drug-likeness (QED) is 0.198. The molecular formula is C36H18N6. The maximum absolute atomic E-state index is 7.90. The summed E-state index contributed by atoms with van der Waals surface area (Å²) < 4.78 is 4.57. The van der Waals surface area contributed by atoms with Gasteiger partial charge in [0, 0.05) is 38.5 Å². The monoisotopic (exact) mass is 534 g/mol. The first-order chi connectivity index (χ1) is 20.8. The van der Waals surface area contributed by atoms with Gasteiger partial charge in [-0.05, 0) is 47.2 Å². The maximum atomic E-state index is 7.90.